The van der Waals surface area contributed by atoms with Gasteiger partial charge in [-0.15, -0.1) is 22.7 Å². The second kappa shape index (κ2) is 9.21. The van der Waals surface area contributed by atoms with E-state index in [1.54, 1.807) is 29.7 Å². The third-order valence-electron chi connectivity index (χ3n) is 4.29. The van der Waals surface area contributed by atoms with Crippen molar-refractivity contribution in [3.63, 3.8) is 0 Å². The molecule has 4 rings (SSSR count). The molecule has 0 aliphatic rings. The Hall–Kier alpha value is -3.00. The second-order valence-electron chi connectivity index (χ2n) is 6.41. The lowest BCUT2D eigenvalue weighted by molar-refractivity contribution is 0.0955. The monoisotopic (exact) mass is 452 g/mol. The molecule has 4 aromatic rings. The summed E-state index contributed by atoms with van der Waals surface area (Å²) in [6, 6.07) is 16.8. The molecular weight excluding hydrogens is 436 g/mol. The number of aryl methyl sites for hydroxylation is 1. The standard InChI is InChI=1S/C22H17ClN4OS2/c1-14-10-11-29-20(14)12-24-27-21(28)16-4-2-15(3-5-16)19-13-30-22(26-19)25-18-8-6-17(23)7-9-18/h2-13H,1H3,(H,25,26)(H,27,28)/b24-12-. The summed E-state index contributed by atoms with van der Waals surface area (Å²) in [5.74, 6) is -0.254. The second-order valence-corrected chi connectivity index (χ2v) is 8.66. The molecule has 0 spiro atoms. The van der Waals surface area contributed by atoms with Gasteiger partial charge in [-0.1, -0.05) is 23.7 Å². The molecule has 0 bridgehead atoms. The van der Waals surface area contributed by atoms with Crippen LogP contribution in [-0.2, 0) is 0 Å². The van der Waals surface area contributed by atoms with Crippen LogP contribution in [0.5, 0.6) is 0 Å². The highest BCUT2D eigenvalue weighted by Crippen LogP contribution is 2.27. The van der Waals surface area contributed by atoms with Crippen LogP contribution in [0.25, 0.3) is 11.3 Å². The Morgan fingerprint density at radius 3 is 2.53 bits per heavy atom. The predicted octanol–water partition coefficient (Wildman–Crippen LogP) is 6.34. The molecule has 0 aliphatic carbocycles. The van der Waals surface area contributed by atoms with Crippen LogP contribution in [-0.4, -0.2) is 17.1 Å². The zero-order chi connectivity index (χ0) is 20.9. The van der Waals surface area contributed by atoms with Crippen molar-refractivity contribution in [3.8, 4) is 11.3 Å². The van der Waals surface area contributed by atoms with Crippen LogP contribution >= 0.6 is 34.3 Å². The summed E-state index contributed by atoms with van der Waals surface area (Å²) in [6.45, 7) is 2.01. The highest BCUT2D eigenvalue weighted by molar-refractivity contribution is 7.14. The van der Waals surface area contributed by atoms with Gasteiger partial charge in [0.2, 0.25) is 0 Å². The Balaban J connectivity index is 1.39. The summed E-state index contributed by atoms with van der Waals surface area (Å²) in [7, 11) is 0. The lowest BCUT2D eigenvalue weighted by atomic mass is 10.1. The minimum absolute atomic E-state index is 0.254. The number of rotatable bonds is 6. The number of aromatic nitrogens is 1. The van der Waals surface area contributed by atoms with Crippen molar-refractivity contribution in [1.29, 1.82) is 0 Å². The van der Waals surface area contributed by atoms with Gasteiger partial charge in [-0.05, 0) is 60.3 Å². The molecule has 0 saturated heterocycles. The smallest absolute Gasteiger partial charge is 0.271 e. The predicted molar refractivity (Wildman–Crippen MR) is 126 cm³/mol. The molecule has 0 saturated carbocycles. The van der Waals surface area contributed by atoms with E-state index in [1.807, 2.05) is 60.1 Å². The molecule has 2 aromatic heterocycles. The Bertz CT molecular complexity index is 1180. The molecule has 5 nitrogen and oxygen atoms in total. The van der Waals surface area contributed by atoms with E-state index in [-0.39, 0.29) is 5.91 Å². The van der Waals surface area contributed by atoms with Crippen LogP contribution in [0, 0.1) is 6.92 Å². The van der Waals surface area contributed by atoms with Crippen LogP contribution in [0.2, 0.25) is 5.02 Å². The summed E-state index contributed by atoms with van der Waals surface area (Å²) >= 11 is 9.01. The van der Waals surface area contributed by atoms with Gasteiger partial charge in [0.05, 0.1) is 11.9 Å². The van der Waals surface area contributed by atoms with Gasteiger partial charge in [0.15, 0.2) is 5.13 Å². The van der Waals surface area contributed by atoms with Gasteiger partial charge in [-0.25, -0.2) is 10.4 Å². The van der Waals surface area contributed by atoms with Gasteiger partial charge in [-0.2, -0.15) is 5.10 Å². The molecule has 0 unspecified atom stereocenters. The third-order valence-corrected chi connectivity index (χ3v) is 6.26. The van der Waals surface area contributed by atoms with Crippen LogP contribution in [0.15, 0.2) is 70.5 Å². The molecule has 0 radical (unpaired) electrons. The number of nitrogens with zero attached hydrogens (tertiary/aromatic N) is 2. The van der Waals surface area contributed by atoms with Crippen molar-refractivity contribution in [1.82, 2.24) is 10.4 Å². The fourth-order valence-electron chi connectivity index (χ4n) is 2.64. The SMILES string of the molecule is Cc1ccsc1/C=N\NC(=O)c1ccc(-c2csc(Nc3ccc(Cl)cc3)n2)cc1. The molecule has 0 aliphatic heterocycles. The molecule has 0 atom stereocenters. The molecule has 0 fully saturated rings. The minimum atomic E-state index is -0.254. The van der Waals surface area contributed by atoms with Crippen molar-refractivity contribution in [2.75, 3.05) is 5.32 Å². The number of hydrogen-bond donors (Lipinski definition) is 2. The van der Waals surface area contributed by atoms with Crippen LogP contribution in [0.3, 0.4) is 0 Å². The summed E-state index contributed by atoms with van der Waals surface area (Å²) in [5, 5.41) is 12.7. The molecular formula is C22H17ClN4OS2. The number of thiazole rings is 1. The Morgan fingerprint density at radius 1 is 1.07 bits per heavy atom. The summed E-state index contributed by atoms with van der Waals surface area (Å²) in [5.41, 5.74) is 6.93. The minimum Gasteiger partial charge on any atom is -0.332 e. The first-order valence-electron chi connectivity index (χ1n) is 9.04. The van der Waals surface area contributed by atoms with Crippen molar-refractivity contribution in [2.45, 2.75) is 6.92 Å². The number of amides is 1. The van der Waals surface area contributed by atoms with Gasteiger partial charge < -0.3 is 5.32 Å². The zero-order valence-corrected chi connectivity index (χ0v) is 18.3. The fourth-order valence-corrected chi connectivity index (χ4v) is 4.30. The molecule has 8 heteroatoms. The Morgan fingerprint density at radius 2 is 1.83 bits per heavy atom. The van der Waals surface area contributed by atoms with Crippen LogP contribution < -0.4 is 10.7 Å². The van der Waals surface area contributed by atoms with E-state index >= 15 is 0 Å². The largest absolute Gasteiger partial charge is 0.332 e. The van der Waals surface area contributed by atoms with Crippen molar-refractivity contribution < 1.29 is 4.79 Å². The zero-order valence-electron chi connectivity index (χ0n) is 15.9. The quantitative estimate of drug-likeness (QED) is 0.265. The Labute approximate surface area is 187 Å². The number of nitrogens with one attached hydrogen (secondary N) is 2. The average Bonchev–Trinajstić information content (AvgIpc) is 3.39. The fraction of sp³-hybridized carbons (Fsp3) is 0.0455. The Kier molecular flexibility index (Phi) is 6.23. The average molecular weight is 453 g/mol. The molecule has 2 heterocycles. The summed E-state index contributed by atoms with van der Waals surface area (Å²) in [4.78, 5) is 17.9. The van der Waals surface area contributed by atoms with Crippen molar-refractivity contribution in [2.24, 2.45) is 5.10 Å². The van der Waals surface area contributed by atoms with E-state index in [0.717, 1.165) is 32.5 Å². The third kappa shape index (κ3) is 4.94. The number of anilines is 2. The molecule has 1 amide bonds. The van der Waals surface area contributed by atoms with E-state index in [4.69, 9.17) is 11.6 Å². The summed E-state index contributed by atoms with van der Waals surface area (Å²) in [6.07, 6.45) is 1.66. The lowest BCUT2D eigenvalue weighted by Crippen LogP contribution is -2.17. The van der Waals surface area contributed by atoms with Crippen molar-refractivity contribution in [3.05, 3.63) is 86.4 Å². The normalized spacial score (nSPS) is 11.0. The molecule has 2 aromatic carbocycles. The first-order valence-corrected chi connectivity index (χ1v) is 11.2. The topological polar surface area (TPSA) is 66.4 Å². The van der Waals surface area contributed by atoms with Gasteiger partial charge in [-0.3, -0.25) is 4.79 Å². The first kappa shape index (κ1) is 20.3. The molecule has 30 heavy (non-hydrogen) atoms. The highest BCUT2D eigenvalue weighted by Gasteiger charge is 2.08. The first-order chi connectivity index (χ1) is 14.6. The van der Waals surface area contributed by atoms with Gasteiger partial charge >= 0.3 is 0 Å². The number of hydrazone groups is 1. The number of carbonyl (C=O) groups excluding carboxylic acids is 1. The van der Waals surface area contributed by atoms with E-state index in [2.05, 4.69) is 20.8 Å². The molecule has 2 N–H and O–H groups in total. The van der Waals surface area contributed by atoms with E-state index < -0.39 is 0 Å². The van der Waals surface area contributed by atoms with E-state index in [1.165, 1.54) is 11.3 Å². The maximum Gasteiger partial charge on any atom is 0.271 e. The maximum absolute atomic E-state index is 12.3. The van der Waals surface area contributed by atoms with Gasteiger partial charge in [0, 0.05) is 32.1 Å². The van der Waals surface area contributed by atoms with Crippen molar-refractivity contribution >= 4 is 57.2 Å². The highest BCUT2D eigenvalue weighted by atomic mass is 35.5. The van der Waals surface area contributed by atoms with Crippen LogP contribution in [0.1, 0.15) is 20.8 Å². The number of halogens is 1. The number of thiophene rings is 1. The number of carbonyl (C=O) groups is 1. The van der Waals surface area contributed by atoms with Gasteiger partial charge in [0.25, 0.3) is 5.91 Å². The molecule has 150 valence electrons. The number of benzene rings is 2. The van der Waals surface area contributed by atoms with E-state index in [9.17, 15) is 4.79 Å². The van der Waals surface area contributed by atoms with E-state index in [0.29, 0.717) is 10.6 Å². The maximum atomic E-state index is 12.3. The van der Waals surface area contributed by atoms with Gasteiger partial charge in [0.1, 0.15) is 0 Å². The summed E-state index contributed by atoms with van der Waals surface area (Å²) < 4.78 is 0. The number of hydrogen-bond acceptors (Lipinski definition) is 6. The van der Waals surface area contributed by atoms with Crippen LogP contribution in [0.4, 0.5) is 10.8 Å². The lowest BCUT2D eigenvalue weighted by Gasteiger charge is -2.03.